The summed E-state index contributed by atoms with van der Waals surface area (Å²) in [5.41, 5.74) is -0.752. The van der Waals surface area contributed by atoms with Gasteiger partial charge in [0.2, 0.25) is 11.8 Å². The van der Waals surface area contributed by atoms with Gasteiger partial charge in [0.25, 0.3) is 0 Å². The summed E-state index contributed by atoms with van der Waals surface area (Å²) >= 11 is 0. The quantitative estimate of drug-likeness (QED) is 0.923. The van der Waals surface area contributed by atoms with Crippen LogP contribution in [0.3, 0.4) is 0 Å². The van der Waals surface area contributed by atoms with Crippen molar-refractivity contribution < 1.29 is 18.4 Å². The van der Waals surface area contributed by atoms with Crippen molar-refractivity contribution in [2.24, 2.45) is 0 Å². The van der Waals surface area contributed by atoms with Gasteiger partial charge in [-0.1, -0.05) is 12.5 Å². The molecule has 1 aromatic rings. The van der Waals surface area contributed by atoms with Gasteiger partial charge in [-0.3, -0.25) is 9.59 Å². The minimum atomic E-state index is -0.975. The van der Waals surface area contributed by atoms with E-state index in [1.807, 2.05) is 6.92 Å². The SMILES string of the molecule is CCN1CCC(NC(=O)C2(c3ccc(F)cc3F)CCC2)C1=O. The van der Waals surface area contributed by atoms with E-state index in [9.17, 15) is 18.4 Å². The molecule has 124 valence electrons. The van der Waals surface area contributed by atoms with Crippen molar-refractivity contribution in [1.82, 2.24) is 10.2 Å². The minimum absolute atomic E-state index is 0.0881. The van der Waals surface area contributed by atoms with E-state index in [0.717, 1.165) is 12.5 Å². The van der Waals surface area contributed by atoms with E-state index in [-0.39, 0.29) is 17.4 Å². The summed E-state index contributed by atoms with van der Waals surface area (Å²) in [5.74, 6) is -1.78. The Morgan fingerprint density at radius 3 is 2.65 bits per heavy atom. The van der Waals surface area contributed by atoms with Crippen LogP contribution in [0.4, 0.5) is 8.78 Å². The molecule has 1 heterocycles. The highest BCUT2D eigenvalue weighted by molar-refractivity contribution is 5.94. The highest BCUT2D eigenvalue weighted by Gasteiger charge is 2.48. The fourth-order valence-electron chi connectivity index (χ4n) is 3.51. The first-order valence-electron chi connectivity index (χ1n) is 8.03. The van der Waals surface area contributed by atoms with E-state index < -0.39 is 23.1 Å². The molecule has 0 spiro atoms. The first-order chi connectivity index (χ1) is 11.0. The third kappa shape index (κ3) is 2.60. The van der Waals surface area contributed by atoms with Gasteiger partial charge in [-0.2, -0.15) is 0 Å². The molecule has 0 bridgehead atoms. The van der Waals surface area contributed by atoms with Gasteiger partial charge < -0.3 is 10.2 Å². The van der Waals surface area contributed by atoms with Crippen molar-refractivity contribution in [2.75, 3.05) is 13.1 Å². The monoisotopic (exact) mass is 322 g/mol. The normalized spacial score (nSPS) is 22.8. The second kappa shape index (κ2) is 5.91. The van der Waals surface area contributed by atoms with Crippen molar-refractivity contribution in [3.63, 3.8) is 0 Å². The first kappa shape index (κ1) is 15.9. The topological polar surface area (TPSA) is 49.4 Å². The van der Waals surface area contributed by atoms with Crippen LogP contribution in [-0.2, 0) is 15.0 Å². The molecule has 1 aromatic carbocycles. The van der Waals surface area contributed by atoms with Gasteiger partial charge in [-0.05, 0) is 32.3 Å². The van der Waals surface area contributed by atoms with Gasteiger partial charge in [0, 0.05) is 24.7 Å². The Morgan fingerprint density at radius 2 is 2.13 bits per heavy atom. The molecule has 3 rings (SSSR count). The largest absolute Gasteiger partial charge is 0.343 e. The Bertz CT molecular complexity index is 643. The Balaban J connectivity index is 1.81. The summed E-state index contributed by atoms with van der Waals surface area (Å²) in [6.07, 6.45) is 2.41. The smallest absolute Gasteiger partial charge is 0.245 e. The fourth-order valence-corrected chi connectivity index (χ4v) is 3.51. The lowest BCUT2D eigenvalue weighted by Crippen LogP contribution is -2.54. The molecule has 1 atom stereocenters. The second-order valence-electron chi connectivity index (χ2n) is 6.29. The maximum absolute atomic E-state index is 14.1. The lowest BCUT2D eigenvalue weighted by atomic mass is 9.63. The highest BCUT2D eigenvalue weighted by Crippen LogP contribution is 2.45. The number of hydrogen-bond acceptors (Lipinski definition) is 2. The molecule has 2 amide bonds. The molecule has 6 heteroatoms. The zero-order valence-electron chi connectivity index (χ0n) is 13.1. The van der Waals surface area contributed by atoms with E-state index in [0.29, 0.717) is 32.4 Å². The second-order valence-corrected chi connectivity index (χ2v) is 6.29. The Kier molecular flexibility index (Phi) is 4.08. The van der Waals surface area contributed by atoms with Crippen LogP contribution < -0.4 is 5.32 Å². The Labute approximate surface area is 133 Å². The molecular weight excluding hydrogens is 302 g/mol. The zero-order chi connectivity index (χ0) is 16.6. The minimum Gasteiger partial charge on any atom is -0.343 e. The molecule has 4 nitrogen and oxygen atoms in total. The molecule has 1 unspecified atom stereocenters. The van der Waals surface area contributed by atoms with Crippen LogP contribution >= 0.6 is 0 Å². The van der Waals surface area contributed by atoms with E-state index in [1.54, 1.807) is 4.90 Å². The number of nitrogens with zero attached hydrogens (tertiary/aromatic N) is 1. The number of carbonyl (C=O) groups is 2. The predicted octanol–water partition coefficient (Wildman–Crippen LogP) is 2.12. The fraction of sp³-hybridized carbons (Fsp3) is 0.529. The van der Waals surface area contributed by atoms with E-state index in [2.05, 4.69) is 5.32 Å². The summed E-state index contributed by atoms with van der Waals surface area (Å²) in [4.78, 5) is 26.6. The van der Waals surface area contributed by atoms with Crippen LogP contribution in [0, 0.1) is 11.6 Å². The molecule has 2 aliphatic rings. The van der Waals surface area contributed by atoms with Crippen molar-refractivity contribution in [1.29, 1.82) is 0 Å². The van der Waals surface area contributed by atoms with Gasteiger partial charge in [0.05, 0.1) is 5.41 Å². The number of benzene rings is 1. The van der Waals surface area contributed by atoms with Gasteiger partial charge in [-0.25, -0.2) is 8.78 Å². The van der Waals surface area contributed by atoms with E-state index in [1.165, 1.54) is 12.1 Å². The number of hydrogen-bond donors (Lipinski definition) is 1. The lowest BCUT2D eigenvalue weighted by Gasteiger charge is -2.41. The average molecular weight is 322 g/mol. The number of halogens is 2. The third-order valence-electron chi connectivity index (χ3n) is 5.07. The van der Waals surface area contributed by atoms with E-state index >= 15 is 0 Å². The van der Waals surface area contributed by atoms with Crippen molar-refractivity contribution in [3.8, 4) is 0 Å². The summed E-state index contributed by atoms with van der Waals surface area (Å²) in [5, 5.41) is 2.79. The van der Waals surface area contributed by atoms with Crippen LogP contribution in [0.25, 0.3) is 0 Å². The van der Waals surface area contributed by atoms with Gasteiger partial charge in [0.15, 0.2) is 0 Å². The van der Waals surface area contributed by atoms with Gasteiger partial charge in [-0.15, -0.1) is 0 Å². The summed E-state index contributed by atoms with van der Waals surface area (Å²) in [6, 6.07) is 2.79. The van der Waals surface area contributed by atoms with Crippen molar-refractivity contribution in [2.45, 2.75) is 44.1 Å². The predicted molar refractivity (Wildman–Crippen MR) is 80.7 cm³/mol. The molecule has 1 saturated heterocycles. The standard InChI is InChI=1S/C17H20F2N2O2/c1-2-21-9-6-14(15(21)22)20-16(23)17(7-3-8-17)12-5-4-11(18)10-13(12)19/h4-5,10,14H,2-3,6-9H2,1H3,(H,20,23). The number of carbonyl (C=O) groups excluding carboxylic acids is 2. The summed E-state index contributed by atoms with van der Waals surface area (Å²) in [6.45, 7) is 3.13. The van der Waals surface area contributed by atoms with E-state index in [4.69, 9.17) is 0 Å². The molecule has 23 heavy (non-hydrogen) atoms. The lowest BCUT2D eigenvalue weighted by molar-refractivity contribution is -0.136. The molecule has 2 fully saturated rings. The first-order valence-corrected chi connectivity index (χ1v) is 8.03. The van der Waals surface area contributed by atoms with Crippen LogP contribution in [0.5, 0.6) is 0 Å². The van der Waals surface area contributed by atoms with Crippen LogP contribution in [0.1, 0.15) is 38.2 Å². The molecule has 0 radical (unpaired) electrons. The third-order valence-corrected chi connectivity index (χ3v) is 5.07. The number of amides is 2. The summed E-state index contributed by atoms with van der Waals surface area (Å²) in [7, 11) is 0. The maximum atomic E-state index is 14.1. The molecule has 1 aliphatic heterocycles. The maximum Gasteiger partial charge on any atom is 0.245 e. The average Bonchev–Trinajstić information content (AvgIpc) is 2.80. The van der Waals surface area contributed by atoms with Crippen LogP contribution in [0.15, 0.2) is 18.2 Å². The van der Waals surface area contributed by atoms with Crippen molar-refractivity contribution in [3.05, 3.63) is 35.4 Å². The zero-order valence-corrected chi connectivity index (χ0v) is 13.1. The Morgan fingerprint density at radius 1 is 1.39 bits per heavy atom. The van der Waals surface area contributed by atoms with Gasteiger partial charge in [0.1, 0.15) is 17.7 Å². The number of rotatable bonds is 4. The molecular formula is C17H20F2N2O2. The number of nitrogens with one attached hydrogen (secondary N) is 1. The molecule has 1 aliphatic carbocycles. The summed E-state index contributed by atoms with van der Waals surface area (Å²) < 4.78 is 27.3. The van der Waals surface area contributed by atoms with Crippen LogP contribution in [-0.4, -0.2) is 35.8 Å². The Hall–Kier alpha value is -1.98. The van der Waals surface area contributed by atoms with Gasteiger partial charge >= 0.3 is 0 Å². The van der Waals surface area contributed by atoms with Crippen molar-refractivity contribution >= 4 is 11.8 Å². The molecule has 1 N–H and O–H groups in total. The molecule has 0 aromatic heterocycles. The molecule has 1 saturated carbocycles. The highest BCUT2D eigenvalue weighted by atomic mass is 19.1. The van der Waals surface area contributed by atoms with Crippen LogP contribution in [0.2, 0.25) is 0 Å². The number of likely N-dealkylation sites (N-methyl/N-ethyl adjacent to an activating group) is 1. The number of likely N-dealkylation sites (tertiary alicyclic amines) is 1.